The zero-order chi connectivity index (χ0) is 28.2. The van der Waals surface area contributed by atoms with Crippen molar-refractivity contribution in [1.29, 1.82) is 0 Å². The maximum Gasteiger partial charge on any atom is 0.253 e. The van der Waals surface area contributed by atoms with Gasteiger partial charge in [0.05, 0.1) is 0 Å². The van der Waals surface area contributed by atoms with E-state index in [0.717, 1.165) is 18.4 Å². The average molecular weight is 529 g/mol. The molecule has 7 nitrogen and oxygen atoms in total. The van der Waals surface area contributed by atoms with Gasteiger partial charge in [-0.3, -0.25) is 14.4 Å². The van der Waals surface area contributed by atoms with E-state index in [-0.39, 0.29) is 23.5 Å². The number of hydrogen-bond acceptors (Lipinski definition) is 4. The first-order valence-electron chi connectivity index (χ1n) is 13.5. The Kier molecular flexibility index (Phi) is 11.1. The third-order valence-electron chi connectivity index (χ3n) is 6.33. The van der Waals surface area contributed by atoms with Gasteiger partial charge in [0, 0.05) is 41.9 Å². The van der Waals surface area contributed by atoms with Gasteiger partial charge in [-0.2, -0.15) is 0 Å². The van der Waals surface area contributed by atoms with Crippen molar-refractivity contribution >= 4 is 23.4 Å². The molecule has 3 N–H and O–H groups in total. The number of nitrogens with zero attached hydrogens (tertiary/aromatic N) is 1. The third-order valence-corrected chi connectivity index (χ3v) is 6.33. The van der Waals surface area contributed by atoms with Gasteiger partial charge in [-0.1, -0.05) is 57.2 Å². The minimum Gasteiger partial charge on any atom is -0.508 e. The summed E-state index contributed by atoms with van der Waals surface area (Å²) in [6, 6.07) is 22.4. The number of benzene rings is 3. The number of rotatable bonds is 13. The molecule has 3 amide bonds. The van der Waals surface area contributed by atoms with E-state index >= 15 is 0 Å². The number of anilines is 1. The van der Waals surface area contributed by atoms with E-state index in [2.05, 4.69) is 10.6 Å². The van der Waals surface area contributed by atoms with Crippen LogP contribution in [0.4, 0.5) is 5.69 Å². The Hall–Kier alpha value is -4.13. The van der Waals surface area contributed by atoms with Crippen LogP contribution in [0.25, 0.3) is 0 Å². The fourth-order valence-electron chi connectivity index (χ4n) is 4.35. The zero-order valence-electron chi connectivity index (χ0n) is 22.9. The largest absolute Gasteiger partial charge is 0.508 e. The van der Waals surface area contributed by atoms with Gasteiger partial charge in [-0.05, 0) is 73.7 Å². The molecule has 205 valence electrons. The highest BCUT2D eigenvalue weighted by molar-refractivity contribution is 6.00. The van der Waals surface area contributed by atoms with Gasteiger partial charge in [-0.15, -0.1) is 0 Å². The lowest BCUT2D eigenvalue weighted by Crippen LogP contribution is -2.40. The number of carbonyl (C=O) groups excluding carboxylic acids is 3. The van der Waals surface area contributed by atoms with Crippen molar-refractivity contribution in [1.82, 2.24) is 10.2 Å². The summed E-state index contributed by atoms with van der Waals surface area (Å²) < 4.78 is 0. The molecule has 0 spiro atoms. The van der Waals surface area contributed by atoms with Crippen LogP contribution in [0.1, 0.15) is 59.9 Å². The van der Waals surface area contributed by atoms with Crippen LogP contribution in [0.3, 0.4) is 0 Å². The van der Waals surface area contributed by atoms with Crippen molar-refractivity contribution in [3.05, 3.63) is 102 Å². The van der Waals surface area contributed by atoms with Crippen LogP contribution in [-0.4, -0.2) is 46.9 Å². The van der Waals surface area contributed by atoms with E-state index in [1.54, 1.807) is 43.3 Å². The van der Waals surface area contributed by atoms with E-state index in [4.69, 9.17) is 0 Å². The van der Waals surface area contributed by atoms with Gasteiger partial charge in [0.2, 0.25) is 5.91 Å². The highest BCUT2D eigenvalue weighted by Gasteiger charge is 2.23. The van der Waals surface area contributed by atoms with Crippen molar-refractivity contribution in [2.24, 2.45) is 5.92 Å². The Morgan fingerprint density at radius 2 is 1.51 bits per heavy atom. The molecule has 0 aliphatic heterocycles. The predicted molar refractivity (Wildman–Crippen MR) is 155 cm³/mol. The summed E-state index contributed by atoms with van der Waals surface area (Å²) in [5, 5.41) is 15.4. The molecule has 1 unspecified atom stereocenters. The first-order chi connectivity index (χ1) is 18.8. The van der Waals surface area contributed by atoms with Gasteiger partial charge >= 0.3 is 0 Å². The molecular formula is C32H38N3O4. The first kappa shape index (κ1) is 29.4. The smallest absolute Gasteiger partial charge is 0.253 e. The van der Waals surface area contributed by atoms with Crippen LogP contribution < -0.4 is 10.6 Å². The normalized spacial score (nSPS) is 12.3. The number of hydrogen-bond donors (Lipinski definition) is 3. The fraction of sp³-hybridized carbons (Fsp3) is 0.312. The average Bonchev–Trinajstić information content (AvgIpc) is 2.94. The Morgan fingerprint density at radius 1 is 0.872 bits per heavy atom. The van der Waals surface area contributed by atoms with Gasteiger partial charge in [0.25, 0.3) is 11.8 Å². The van der Waals surface area contributed by atoms with Crippen LogP contribution in [-0.2, 0) is 11.2 Å². The minimum atomic E-state index is -0.516. The number of nitrogens with one attached hydrogen (secondary N) is 2. The summed E-state index contributed by atoms with van der Waals surface area (Å²) in [7, 11) is 0. The van der Waals surface area contributed by atoms with Crippen LogP contribution >= 0.6 is 0 Å². The molecule has 39 heavy (non-hydrogen) atoms. The minimum absolute atomic E-state index is 0.0831. The summed E-state index contributed by atoms with van der Waals surface area (Å²) >= 11 is 0. The molecule has 3 aromatic rings. The lowest BCUT2D eigenvalue weighted by molar-refractivity contribution is -0.118. The van der Waals surface area contributed by atoms with Crippen molar-refractivity contribution in [3.63, 3.8) is 0 Å². The molecule has 0 aliphatic rings. The lowest BCUT2D eigenvalue weighted by Gasteiger charge is -2.23. The quantitative estimate of drug-likeness (QED) is 0.256. The number of phenolic OH excluding ortho intramolecular Hbond substituents is 1. The molecule has 0 aromatic heterocycles. The lowest BCUT2D eigenvalue weighted by atomic mass is 9.95. The molecule has 2 atom stereocenters. The second kappa shape index (κ2) is 14.7. The summed E-state index contributed by atoms with van der Waals surface area (Å²) in [6.45, 7) is 7.18. The second-order valence-electron chi connectivity index (χ2n) is 9.66. The highest BCUT2D eigenvalue weighted by atomic mass is 16.3. The molecule has 0 fully saturated rings. The molecule has 3 aromatic carbocycles. The summed E-state index contributed by atoms with van der Waals surface area (Å²) in [4.78, 5) is 41.1. The standard InChI is InChI=1S/C32H38N3O4/c1-4-18-35(19-5-2)32(39)26-13-9-12-25(22-26)31(38)34-28(21-24-10-7-6-8-11-24)20-23(3)30(37)33-27-14-16-29(36)17-15-27/h6-17,20,22-23,28,36H,4-5,18-19,21H2,1-3H3,(H,33,37)(H,34,38)/t23?,28-/m1/s1. The SMILES string of the molecule is CCCN(CCC)C(=O)c1cccc(C(=O)N[C@H]([CH]C(C)C(=O)Nc2ccc(O)cc2)Cc2ccccc2)c1. The van der Waals surface area contributed by atoms with E-state index in [0.29, 0.717) is 36.3 Å². The van der Waals surface area contributed by atoms with E-state index < -0.39 is 12.0 Å². The molecule has 0 saturated carbocycles. The Balaban J connectivity index is 1.74. The maximum atomic E-state index is 13.3. The van der Waals surface area contributed by atoms with Crippen LogP contribution in [0.5, 0.6) is 5.75 Å². The molecule has 7 heteroatoms. The van der Waals surface area contributed by atoms with E-state index in [9.17, 15) is 19.5 Å². The summed E-state index contributed by atoms with van der Waals surface area (Å²) in [5.74, 6) is -1.02. The first-order valence-corrected chi connectivity index (χ1v) is 13.5. The topological polar surface area (TPSA) is 98.7 Å². The van der Waals surface area contributed by atoms with E-state index in [1.165, 1.54) is 12.1 Å². The summed E-state index contributed by atoms with van der Waals surface area (Å²) in [5.41, 5.74) is 2.46. The van der Waals surface area contributed by atoms with Gasteiger partial charge in [-0.25, -0.2) is 0 Å². The predicted octanol–water partition coefficient (Wildman–Crippen LogP) is 5.47. The molecule has 0 saturated heterocycles. The molecular weight excluding hydrogens is 490 g/mol. The molecule has 1 radical (unpaired) electrons. The van der Waals surface area contributed by atoms with Crippen LogP contribution in [0, 0.1) is 12.3 Å². The fourth-order valence-corrected chi connectivity index (χ4v) is 4.35. The number of phenols is 1. The maximum absolute atomic E-state index is 13.3. The van der Waals surface area contributed by atoms with Crippen molar-refractivity contribution < 1.29 is 19.5 Å². The monoisotopic (exact) mass is 528 g/mol. The molecule has 0 aliphatic carbocycles. The van der Waals surface area contributed by atoms with Gasteiger partial charge < -0.3 is 20.6 Å². The molecule has 0 heterocycles. The van der Waals surface area contributed by atoms with Crippen molar-refractivity contribution in [2.45, 2.75) is 46.1 Å². The zero-order valence-corrected chi connectivity index (χ0v) is 22.9. The Bertz CT molecular complexity index is 1220. The van der Waals surface area contributed by atoms with Gasteiger partial charge in [0.15, 0.2) is 0 Å². The molecule has 3 rings (SSSR count). The van der Waals surface area contributed by atoms with Crippen molar-refractivity contribution in [2.75, 3.05) is 18.4 Å². The van der Waals surface area contributed by atoms with Crippen LogP contribution in [0.15, 0.2) is 78.9 Å². The van der Waals surface area contributed by atoms with Crippen molar-refractivity contribution in [3.8, 4) is 5.75 Å². The highest BCUT2D eigenvalue weighted by Crippen LogP contribution is 2.18. The van der Waals surface area contributed by atoms with E-state index in [1.807, 2.05) is 55.5 Å². The number of carbonyl (C=O) groups is 3. The summed E-state index contributed by atoms with van der Waals surface area (Å²) in [6.07, 6.45) is 4.05. The number of amides is 3. The third kappa shape index (κ3) is 8.99. The van der Waals surface area contributed by atoms with Gasteiger partial charge in [0.1, 0.15) is 5.75 Å². The molecule has 0 bridgehead atoms. The Labute approximate surface area is 231 Å². The second-order valence-corrected chi connectivity index (χ2v) is 9.66. The Morgan fingerprint density at radius 3 is 2.15 bits per heavy atom. The van der Waals surface area contributed by atoms with Crippen LogP contribution in [0.2, 0.25) is 0 Å². The number of aromatic hydroxyl groups is 1.